The van der Waals surface area contributed by atoms with Crippen LogP contribution >= 0.6 is 12.4 Å². The third-order valence-electron chi connectivity index (χ3n) is 5.19. The van der Waals surface area contributed by atoms with E-state index in [0.29, 0.717) is 0 Å². The molecule has 0 unspecified atom stereocenters. The lowest BCUT2D eigenvalue weighted by atomic mass is 10.0. The van der Waals surface area contributed by atoms with Gasteiger partial charge in [0.1, 0.15) is 5.52 Å². The summed E-state index contributed by atoms with van der Waals surface area (Å²) in [5.41, 5.74) is 2.84. The number of halogens is 1. The molecule has 142 valence electrons. The molecule has 0 N–H and O–H groups in total. The van der Waals surface area contributed by atoms with Crippen molar-refractivity contribution in [2.24, 2.45) is 0 Å². The van der Waals surface area contributed by atoms with Gasteiger partial charge in [-0.15, -0.1) is 17.5 Å². The highest BCUT2D eigenvalue weighted by Crippen LogP contribution is 2.19. The summed E-state index contributed by atoms with van der Waals surface area (Å²) in [4.78, 5) is 17.1. The lowest BCUT2D eigenvalue weighted by Crippen LogP contribution is -2.46. The Hall–Kier alpha value is -2.44. The zero-order valence-corrected chi connectivity index (χ0v) is 16.2. The van der Waals surface area contributed by atoms with E-state index in [1.807, 2.05) is 42.3 Å². The first-order valence-corrected chi connectivity index (χ1v) is 9.06. The van der Waals surface area contributed by atoms with Gasteiger partial charge in [-0.3, -0.25) is 4.90 Å². The van der Waals surface area contributed by atoms with Gasteiger partial charge in [-0.1, -0.05) is 47.7 Å². The number of nitrogens with zero attached hydrogens (tertiary/aromatic N) is 5. The summed E-state index contributed by atoms with van der Waals surface area (Å²) < 4.78 is 1.41. The van der Waals surface area contributed by atoms with Crippen molar-refractivity contribution in [3.05, 3.63) is 60.2 Å². The molecular formula is C20H24ClN5O. The van der Waals surface area contributed by atoms with E-state index in [1.54, 1.807) is 0 Å². The van der Waals surface area contributed by atoms with Crippen LogP contribution in [0.25, 0.3) is 11.0 Å². The minimum absolute atomic E-state index is 0. The van der Waals surface area contributed by atoms with Gasteiger partial charge in [0.05, 0.1) is 5.52 Å². The number of hydrogen-bond acceptors (Lipinski definition) is 4. The van der Waals surface area contributed by atoms with Crippen molar-refractivity contribution in [2.45, 2.75) is 25.4 Å². The minimum Gasteiger partial charge on any atom is -0.323 e. The second-order valence-corrected chi connectivity index (χ2v) is 6.88. The zero-order chi connectivity index (χ0) is 17.9. The van der Waals surface area contributed by atoms with Crippen molar-refractivity contribution >= 4 is 29.5 Å². The fraction of sp³-hybridized carbons (Fsp3) is 0.350. The fourth-order valence-corrected chi connectivity index (χ4v) is 3.62. The Morgan fingerprint density at radius 2 is 1.74 bits per heavy atom. The summed E-state index contributed by atoms with van der Waals surface area (Å²) in [6.07, 6.45) is 1.95. The summed E-state index contributed by atoms with van der Waals surface area (Å²) in [6, 6.07) is 18.2. The SMILES string of the molecule is CN(C(=O)n1nnc2ccccc21)C1CCN(Cc2ccccc2)CC1.Cl. The number of amides is 1. The van der Waals surface area contributed by atoms with Crippen molar-refractivity contribution in [1.29, 1.82) is 0 Å². The molecule has 0 bridgehead atoms. The molecule has 0 atom stereocenters. The van der Waals surface area contributed by atoms with Gasteiger partial charge in [0.2, 0.25) is 0 Å². The van der Waals surface area contributed by atoms with E-state index in [1.165, 1.54) is 10.2 Å². The van der Waals surface area contributed by atoms with Crippen LogP contribution in [0.1, 0.15) is 18.4 Å². The summed E-state index contributed by atoms with van der Waals surface area (Å²) in [7, 11) is 1.87. The molecule has 2 heterocycles. The van der Waals surface area contributed by atoms with Gasteiger partial charge in [-0.25, -0.2) is 4.79 Å². The molecule has 0 radical (unpaired) electrons. The van der Waals surface area contributed by atoms with Gasteiger partial charge in [-0.05, 0) is 30.5 Å². The molecule has 1 fully saturated rings. The van der Waals surface area contributed by atoms with Gasteiger partial charge < -0.3 is 4.90 Å². The quantitative estimate of drug-likeness (QED) is 0.693. The van der Waals surface area contributed by atoms with E-state index < -0.39 is 0 Å². The molecule has 3 aromatic rings. The predicted molar refractivity (Wildman–Crippen MR) is 108 cm³/mol. The molecule has 1 aliphatic rings. The van der Waals surface area contributed by atoms with Gasteiger partial charge >= 0.3 is 6.03 Å². The normalized spacial score (nSPS) is 15.4. The molecular weight excluding hydrogens is 362 g/mol. The van der Waals surface area contributed by atoms with Crippen molar-refractivity contribution in [2.75, 3.05) is 20.1 Å². The highest BCUT2D eigenvalue weighted by atomic mass is 35.5. The second-order valence-electron chi connectivity index (χ2n) is 6.88. The van der Waals surface area contributed by atoms with Gasteiger partial charge in [0.15, 0.2) is 0 Å². The first kappa shape index (κ1) is 19.3. The lowest BCUT2D eigenvalue weighted by Gasteiger charge is -2.36. The number of likely N-dealkylation sites (tertiary alicyclic amines) is 1. The molecule has 6 nitrogen and oxygen atoms in total. The maximum atomic E-state index is 12.9. The molecule has 1 saturated heterocycles. The Balaban J connectivity index is 0.00000210. The number of benzene rings is 2. The summed E-state index contributed by atoms with van der Waals surface area (Å²) in [6.45, 7) is 2.96. The number of aromatic nitrogens is 3. The van der Waals surface area contributed by atoms with Crippen LogP contribution in [-0.4, -0.2) is 57.0 Å². The number of hydrogen-bond donors (Lipinski definition) is 0. The molecule has 7 heteroatoms. The van der Waals surface area contributed by atoms with Crippen LogP contribution in [0.5, 0.6) is 0 Å². The molecule has 1 amide bonds. The van der Waals surface area contributed by atoms with E-state index in [0.717, 1.165) is 43.5 Å². The standard InChI is InChI=1S/C20H23N5O.ClH/c1-23(20(26)25-19-10-6-5-9-18(19)21-22-25)17-11-13-24(14-12-17)15-16-7-3-2-4-8-16;/h2-10,17H,11-15H2,1H3;1H. The van der Waals surface area contributed by atoms with Crippen LogP contribution in [0.4, 0.5) is 4.79 Å². The summed E-state index contributed by atoms with van der Waals surface area (Å²) in [5, 5.41) is 8.13. The Morgan fingerprint density at radius 3 is 2.48 bits per heavy atom. The monoisotopic (exact) mass is 385 g/mol. The molecule has 0 spiro atoms. The molecule has 27 heavy (non-hydrogen) atoms. The third kappa shape index (κ3) is 4.12. The highest BCUT2D eigenvalue weighted by Gasteiger charge is 2.27. The number of piperidine rings is 1. The molecule has 0 aliphatic carbocycles. The van der Waals surface area contributed by atoms with Crippen LogP contribution in [0.2, 0.25) is 0 Å². The Kier molecular flexibility index (Phi) is 6.08. The smallest absolute Gasteiger partial charge is 0.323 e. The lowest BCUT2D eigenvalue weighted by molar-refractivity contribution is 0.130. The summed E-state index contributed by atoms with van der Waals surface area (Å²) >= 11 is 0. The van der Waals surface area contributed by atoms with Crippen molar-refractivity contribution < 1.29 is 4.79 Å². The van der Waals surface area contributed by atoms with Gasteiger partial charge in [0, 0.05) is 32.7 Å². The molecule has 2 aromatic carbocycles. The van der Waals surface area contributed by atoms with E-state index in [2.05, 4.69) is 39.5 Å². The first-order valence-electron chi connectivity index (χ1n) is 9.06. The number of fused-ring (bicyclic) bond motifs is 1. The van der Waals surface area contributed by atoms with E-state index in [-0.39, 0.29) is 24.5 Å². The number of rotatable bonds is 3. The van der Waals surface area contributed by atoms with Crippen molar-refractivity contribution in [1.82, 2.24) is 24.8 Å². The fourth-order valence-electron chi connectivity index (χ4n) is 3.62. The molecule has 4 rings (SSSR count). The predicted octanol–water partition coefficient (Wildman–Crippen LogP) is 3.42. The second kappa shape index (κ2) is 8.50. The molecule has 0 saturated carbocycles. The molecule has 1 aromatic heterocycles. The van der Waals surface area contributed by atoms with E-state index in [4.69, 9.17) is 0 Å². The minimum atomic E-state index is -0.111. The largest absolute Gasteiger partial charge is 0.346 e. The van der Waals surface area contributed by atoms with Crippen LogP contribution in [0, 0.1) is 0 Å². The Morgan fingerprint density at radius 1 is 1.07 bits per heavy atom. The number of carbonyl (C=O) groups excluding carboxylic acids is 1. The van der Waals surface area contributed by atoms with Crippen molar-refractivity contribution in [3.63, 3.8) is 0 Å². The third-order valence-corrected chi connectivity index (χ3v) is 5.19. The van der Waals surface area contributed by atoms with E-state index >= 15 is 0 Å². The molecule has 1 aliphatic heterocycles. The van der Waals surface area contributed by atoms with Crippen LogP contribution < -0.4 is 0 Å². The number of para-hydroxylation sites is 1. The first-order chi connectivity index (χ1) is 12.7. The van der Waals surface area contributed by atoms with Gasteiger partial charge in [0.25, 0.3) is 0 Å². The van der Waals surface area contributed by atoms with Crippen LogP contribution in [0.3, 0.4) is 0 Å². The average Bonchev–Trinajstić information content (AvgIpc) is 3.12. The maximum absolute atomic E-state index is 12.9. The topological polar surface area (TPSA) is 54.3 Å². The highest BCUT2D eigenvalue weighted by molar-refractivity contribution is 5.87. The van der Waals surface area contributed by atoms with Crippen LogP contribution in [0.15, 0.2) is 54.6 Å². The van der Waals surface area contributed by atoms with Gasteiger partial charge in [-0.2, -0.15) is 4.68 Å². The Labute approximate surface area is 165 Å². The van der Waals surface area contributed by atoms with Crippen molar-refractivity contribution in [3.8, 4) is 0 Å². The zero-order valence-electron chi connectivity index (χ0n) is 15.4. The van der Waals surface area contributed by atoms with E-state index in [9.17, 15) is 4.79 Å². The Bertz CT molecular complexity index is 890. The van der Waals surface area contributed by atoms with Crippen LogP contribution in [-0.2, 0) is 6.54 Å². The summed E-state index contributed by atoms with van der Waals surface area (Å²) in [5.74, 6) is 0. The maximum Gasteiger partial charge on any atom is 0.346 e. The number of carbonyl (C=O) groups is 1. The average molecular weight is 386 g/mol.